The molecule has 11 heteroatoms. The smallest absolute Gasteiger partial charge is 0.306 e. The minimum atomic E-state index is -0.147. The number of carbonyl (C=O) groups is 2. The molecular formula is C56H104O11. The average molecular weight is 953 g/mol. The van der Waals surface area contributed by atoms with Crippen LogP contribution in [0.3, 0.4) is 0 Å². The van der Waals surface area contributed by atoms with Gasteiger partial charge in [-0.1, -0.05) is 149 Å². The van der Waals surface area contributed by atoms with E-state index in [1.165, 1.54) is 44.1 Å². The molecule has 394 valence electrons. The number of carbonyl (C=O) groups excluding carboxylic acids is 2. The lowest BCUT2D eigenvalue weighted by molar-refractivity contribution is -0.151. The number of unbranched alkanes of at least 4 members (excludes halogenated alkanes) is 16. The lowest BCUT2D eigenvalue weighted by Gasteiger charge is -2.19. The van der Waals surface area contributed by atoms with Crippen molar-refractivity contribution in [1.29, 1.82) is 0 Å². The molecule has 0 amide bonds. The maximum absolute atomic E-state index is 12.6. The summed E-state index contributed by atoms with van der Waals surface area (Å²) in [5.41, 5.74) is 1.24. The van der Waals surface area contributed by atoms with Gasteiger partial charge in [0.2, 0.25) is 0 Å². The molecule has 1 aliphatic carbocycles. The van der Waals surface area contributed by atoms with Crippen LogP contribution in [0.2, 0.25) is 0 Å². The minimum Gasteiger partial charge on any atom is -0.462 e. The molecule has 0 aromatic heterocycles. The quantitative estimate of drug-likeness (QED) is 0.0428. The first kappa shape index (κ1) is 63.2. The highest BCUT2D eigenvalue weighted by atomic mass is 16.6. The van der Waals surface area contributed by atoms with Crippen molar-refractivity contribution >= 4 is 11.9 Å². The topological polar surface area (TPSA) is 117 Å². The first-order valence-electron chi connectivity index (χ1n) is 27.8. The van der Waals surface area contributed by atoms with Gasteiger partial charge in [0.05, 0.1) is 72.7 Å². The Kier molecular flexibility index (Phi) is 47.6. The Morgan fingerprint density at radius 1 is 0.418 bits per heavy atom. The Bertz CT molecular complexity index is 1130. The van der Waals surface area contributed by atoms with Gasteiger partial charge in [0.1, 0.15) is 18.3 Å². The van der Waals surface area contributed by atoms with Crippen LogP contribution in [0.15, 0.2) is 23.8 Å². The summed E-state index contributed by atoms with van der Waals surface area (Å²) in [6.45, 7) is 15.9. The molecule has 11 nitrogen and oxygen atoms in total. The van der Waals surface area contributed by atoms with E-state index in [4.69, 9.17) is 42.6 Å². The zero-order valence-corrected chi connectivity index (χ0v) is 43.9. The van der Waals surface area contributed by atoms with Gasteiger partial charge >= 0.3 is 11.9 Å². The standard InChI is InChI=1S/C56H104O11/c1-5-9-13-24-34-52(32-11-7-3)66-55(57)36-26-17-15-19-28-38-62-49-54(50-64-47-45-61-43-41-59-40-42-60-44-46-63-48-51-30-22-21-23-31-51)65-39-29-20-16-18-27-37-56(58)67-53(33-12-8-4)35-25-14-10-6-2/h22,30-31,52-54H,5-21,23-29,32-50H2,1-4H3. The molecule has 0 spiro atoms. The molecule has 0 aliphatic heterocycles. The van der Waals surface area contributed by atoms with Gasteiger partial charge in [-0.05, 0) is 82.6 Å². The molecule has 1 aliphatic rings. The molecule has 67 heavy (non-hydrogen) atoms. The summed E-state index contributed by atoms with van der Waals surface area (Å²) >= 11 is 0. The fourth-order valence-electron chi connectivity index (χ4n) is 7.95. The number of esters is 2. The Morgan fingerprint density at radius 2 is 0.836 bits per heavy atom. The van der Waals surface area contributed by atoms with Crippen molar-refractivity contribution in [3.8, 4) is 0 Å². The number of allylic oxidation sites excluding steroid dienone is 2. The summed E-state index contributed by atoms with van der Waals surface area (Å²) in [6.07, 6.45) is 38.0. The van der Waals surface area contributed by atoms with Crippen LogP contribution in [0, 0.1) is 0 Å². The number of hydrogen-bond acceptors (Lipinski definition) is 11. The van der Waals surface area contributed by atoms with Gasteiger partial charge in [0, 0.05) is 26.1 Å². The average Bonchev–Trinajstić information content (AvgIpc) is 3.33. The first-order valence-corrected chi connectivity index (χ1v) is 27.8. The van der Waals surface area contributed by atoms with E-state index < -0.39 is 0 Å². The number of ether oxygens (including phenoxy) is 9. The van der Waals surface area contributed by atoms with E-state index in [9.17, 15) is 9.59 Å². The van der Waals surface area contributed by atoms with Crippen molar-refractivity contribution in [1.82, 2.24) is 0 Å². The van der Waals surface area contributed by atoms with Crippen LogP contribution in [-0.4, -0.2) is 116 Å². The van der Waals surface area contributed by atoms with Crippen LogP contribution in [0.5, 0.6) is 0 Å². The monoisotopic (exact) mass is 953 g/mol. The van der Waals surface area contributed by atoms with Crippen LogP contribution in [0.4, 0.5) is 0 Å². The Morgan fingerprint density at radius 3 is 1.33 bits per heavy atom. The van der Waals surface area contributed by atoms with Gasteiger partial charge in [-0.3, -0.25) is 9.59 Å². The molecular weight excluding hydrogens is 849 g/mol. The highest BCUT2D eigenvalue weighted by molar-refractivity contribution is 5.69. The van der Waals surface area contributed by atoms with Crippen LogP contribution >= 0.6 is 0 Å². The van der Waals surface area contributed by atoms with E-state index in [0.29, 0.717) is 98.7 Å². The first-order chi connectivity index (χ1) is 33.0. The summed E-state index contributed by atoms with van der Waals surface area (Å²) in [7, 11) is 0. The third-order valence-electron chi connectivity index (χ3n) is 12.1. The second kappa shape index (κ2) is 50.5. The van der Waals surface area contributed by atoms with Crippen molar-refractivity contribution < 1.29 is 52.2 Å². The normalized spacial score (nSPS) is 14.0. The van der Waals surface area contributed by atoms with E-state index in [1.54, 1.807) is 0 Å². The summed E-state index contributed by atoms with van der Waals surface area (Å²) in [5.74, 6) is -0.0574. The Hall–Kier alpha value is -1.86. The van der Waals surface area contributed by atoms with Crippen molar-refractivity contribution in [2.75, 3.05) is 85.9 Å². The summed E-state index contributed by atoms with van der Waals surface area (Å²) in [6, 6.07) is 0. The number of hydrogen-bond donors (Lipinski definition) is 0. The van der Waals surface area contributed by atoms with Crippen molar-refractivity contribution in [3.63, 3.8) is 0 Å². The van der Waals surface area contributed by atoms with Crippen LogP contribution in [0.25, 0.3) is 0 Å². The fraction of sp³-hybridized carbons (Fsp3) is 0.893. The predicted octanol–water partition coefficient (Wildman–Crippen LogP) is 13.6. The molecule has 0 aromatic carbocycles. The molecule has 0 N–H and O–H groups in total. The highest BCUT2D eigenvalue weighted by Crippen LogP contribution is 2.18. The summed E-state index contributed by atoms with van der Waals surface area (Å²) in [4.78, 5) is 25.1. The molecule has 0 radical (unpaired) electrons. The third kappa shape index (κ3) is 43.9. The van der Waals surface area contributed by atoms with Gasteiger partial charge in [-0.2, -0.15) is 0 Å². The van der Waals surface area contributed by atoms with E-state index in [0.717, 1.165) is 141 Å². The van der Waals surface area contributed by atoms with Crippen molar-refractivity contribution in [3.05, 3.63) is 23.8 Å². The van der Waals surface area contributed by atoms with Crippen molar-refractivity contribution in [2.24, 2.45) is 0 Å². The second-order valence-electron chi connectivity index (χ2n) is 18.5. The lowest BCUT2D eigenvalue weighted by atomic mass is 10.0. The van der Waals surface area contributed by atoms with Gasteiger partial charge in [-0.15, -0.1) is 0 Å². The van der Waals surface area contributed by atoms with E-state index in [2.05, 4.69) is 45.9 Å². The van der Waals surface area contributed by atoms with Crippen LogP contribution in [-0.2, 0) is 52.2 Å². The zero-order valence-electron chi connectivity index (χ0n) is 43.9. The lowest BCUT2D eigenvalue weighted by Crippen LogP contribution is -2.27. The molecule has 3 atom stereocenters. The van der Waals surface area contributed by atoms with Gasteiger partial charge in [0.15, 0.2) is 0 Å². The highest BCUT2D eigenvalue weighted by Gasteiger charge is 2.16. The van der Waals surface area contributed by atoms with Gasteiger partial charge in [-0.25, -0.2) is 0 Å². The van der Waals surface area contributed by atoms with Gasteiger partial charge in [0.25, 0.3) is 0 Å². The maximum atomic E-state index is 12.6. The van der Waals surface area contributed by atoms with E-state index >= 15 is 0 Å². The molecule has 3 unspecified atom stereocenters. The molecule has 0 saturated carbocycles. The van der Waals surface area contributed by atoms with Crippen LogP contribution < -0.4 is 0 Å². The third-order valence-corrected chi connectivity index (χ3v) is 12.1. The minimum absolute atomic E-state index is 0.0272. The molecule has 0 saturated heterocycles. The Labute approximate surface area is 411 Å². The largest absolute Gasteiger partial charge is 0.462 e. The summed E-state index contributed by atoms with van der Waals surface area (Å²) < 4.78 is 52.7. The zero-order chi connectivity index (χ0) is 48.4. The summed E-state index contributed by atoms with van der Waals surface area (Å²) in [5, 5.41) is 0. The number of rotatable bonds is 53. The fourth-order valence-corrected chi connectivity index (χ4v) is 7.95. The molecule has 0 aromatic rings. The predicted molar refractivity (Wildman–Crippen MR) is 273 cm³/mol. The molecule has 1 rings (SSSR count). The molecule has 0 fully saturated rings. The SMILES string of the molecule is CCCCCCC(CCCC)OC(=O)CCCCCCCOCC(COCCOCCOCCOCCOCC1=CCCC=C1)OCCCCCCCC(=O)OC(CCCC)CCCCCC. The maximum Gasteiger partial charge on any atom is 0.306 e. The Balaban J connectivity index is 2.28. The second-order valence-corrected chi connectivity index (χ2v) is 18.5. The van der Waals surface area contributed by atoms with Crippen molar-refractivity contribution in [2.45, 2.75) is 239 Å². The van der Waals surface area contributed by atoms with Crippen LogP contribution in [0.1, 0.15) is 220 Å². The molecule has 0 bridgehead atoms. The molecule has 0 heterocycles. The van der Waals surface area contributed by atoms with Gasteiger partial charge < -0.3 is 42.6 Å². The van der Waals surface area contributed by atoms with E-state index in [1.807, 2.05) is 0 Å². The van der Waals surface area contributed by atoms with E-state index in [-0.39, 0.29) is 30.3 Å².